The molecule has 1 aromatic heterocycles. The minimum absolute atomic E-state index is 0.119. The van der Waals surface area contributed by atoms with Gasteiger partial charge >= 0.3 is 0 Å². The van der Waals surface area contributed by atoms with Gasteiger partial charge in [0.05, 0.1) is 17.3 Å². The van der Waals surface area contributed by atoms with Crippen molar-refractivity contribution in [2.75, 3.05) is 11.1 Å². The van der Waals surface area contributed by atoms with Gasteiger partial charge in [0.2, 0.25) is 5.91 Å². The average Bonchev–Trinajstić information content (AvgIpc) is 2.41. The molecule has 0 saturated carbocycles. The van der Waals surface area contributed by atoms with E-state index in [9.17, 15) is 9.18 Å². The molecule has 0 bridgehead atoms. The maximum atomic E-state index is 13.5. The molecule has 0 aliphatic rings. The maximum Gasteiger partial charge on any atom is 0.234 e. The van der Waals surface area contributed by atoms with E-state index in [0.29, 0.717) is 5.69 Å². The van der Waals surface area contributed by atoms with E-state index in [1.54, 1.807) is 38.1 Å². The Morgan fingerprint density at radius 3 is 2.50 bits per heavy atom. The van der Waals surface area contributed by atoms with E-state index in [2.05, 4.69) is 10.3 Å². The van der Waals surface area contributed by atoms with Crippen LogP contribution in [0.4, 0.5) is 15.8 Å². The third kappa shape index (κ3) is 2.77. The maximum absolute atomic E-state index is 13.5. The van der Waals surface area contributed by atoms with Crippen molar-refractivity contribution in [3.05, 3.63) is 54.1 Å². The Balaban J connectivity index is 2.23. The Labute approximate surface area is 116 Å². The van der Waals surface area contributed by atoms with Crippen LogP contribution in [0.15, 0.2) is 42.7 Å². The van der Waals surface area contributed by atoms with Crippen LogP contribution in [0.2, 0.25) is 0 Å². The molecule has 2 rings (SSSR count). The molecule has 4 nitrogen and oxygen atoms in total. The Morgan fingerprint density at radius 1 is 1.25 bits per heavy atom. The Hall–Kier alpha value is -2.43. The van der Waals surface area contributed by atoms with Crippen LogP contribution in [0.25, 0.3) is 0 Å². The monoisotopic (exact) mass is 273 g/mol. The van der Waals surface area contributed by atoms with E-state index in [1.807, 2.05) is 0 Å². The van der Waals surface area contributed by atoms with E-state index in [1.165, 1.54) is 12.3 Å². The zero-order valence-electron chi connectivity index (χ0n) is 11.4. The van der Waals surface area contributed by atoms with E-state index in [0.717, 1.165) is 11.8 Å². The molecule has 0 atom stereocenters. The number of benzene rings is 1. The van der Waals surface area contributed by atoms with Gasteiger partial charge in [0.1, 0.15) is 0 Å². The highest BCUT2D eigenvalue weighted by Crippen LogP contribution is 2.26. The summed E-state index contributed by atoms with van der Waals surface area (Å²) in [6.07, 6.45) is 2.49. The normalized spacial score (nSPS) is 11.2. The van der Waals surface area contributed by atoms with Crippen molar-refractivity contribution < 1.29 is 9.18 Å². The first-order valence-electron chi connectivity index (χ1n) is 6.18. The fourth-order valence-corrected chi connectivity index (χ4v) is 1.79. The largest absolute Gasteiger partial charge is 0.399 e. The van der Waals surface area contributed by atoms with Gasteiger partial charge in [-0.1, -0.05) is 12.1 Å². The van der Waals surface area contributed by atoms with Gasteiger partial charge in [0.25, 0.3) is 0 Å². The number of anilines is 2. The zero-order chi connectivity index (χ0) is 14.8. The minimum atomic E-state index is -0.802. The number of pyridine rings is 1. The van der Waals surface area contributed by atoms with Crippen LogP contribution in [0.1, 0.15) is 19.4 Å². The lowest BCUT2D eigenvalue weighted by molar-refractivity contribution is -0.120. The molecule has 0 spiro atoms. The second-order valence-corrected chi connectivity index (χ2v) is 5.06. The van der Waals surface area contributed by atoms with Crippen LogP contribution >= 0.6 is 0 Å². The highest BCUT2D eigenvalue weighted by molar-refractivity contribution is 5.98. The number of nitrogens with two attached hydrogens (primary N) is 1. The van der Waals surface area contributed by atoms with Crippen molar-refractivity contribution in [2.24, 2.45) is 0 Å². The van der Waals surface area contributed by atoms with Gasteiger partial charge < -0.3 is 11.1 Å². The molecule has 1 aromatic carbocycles. The van der Waals surface area contributed by atoms with Crippen molar-refractivity contribution in [3.63, 3.8) is 0 Å². The minimum Gasteiger partial charge on any atom is -0.399 e. The van der Waals surface area contributed by atoms with Crippen LogP contribution in [0.5, 0.6) is 0 Å². The quantitative estimate of drug-likeness (QED) is 0.845. The molecule has 1 heterocycles. The number of nitrogen functional groups attached to an aromatic ring is 1. The molecule has 104 valence electrons. The molecule has 0 fully saturated rings. The molecule has 0 unspecified atom stereocenters. The predicted octanol–water partition coefficient (Wildman–Crippen LogP) is 2.72. The van der Waals surface area contributed by atoms with E-state index in [4.69, 9.17) is 5.73 Å². The summed E-state index contributed by atoms with van der Waals surface area (Å²) in [5, 5.41) is 2.58. The number of carbonyl (C=O) groups excluding carboxylic acids is 1. The molecule has 0 radical (unpaired) electrons. The number of halogens is 1. The fraction of sp³-hybridized carbons (Fsp3) is 0.200. The SMILES string of the molecule is CC(C)(C(=O)Nc1ccncc1F)c1ccc(N)cc1. The third-order valence-corrected chi connectivity index (χ3v) is 3.22. The van der Waals surface area contributed by atoms with Gasteiger partial charge in [0, 0.05) is 11.9 Å². The zero-order valence-corrected chi connectivity index (χ0v) is 11.4. The average molecular weight is 273 g/mol. The van der Waals surface area contributed by atoms with Gasteiger partial charge in [-0.25, -0.2) is 4.39 Å². The van der Waals surface area contributed by atoms with Crippen molar-refractivity contribution in [1.29, 1.82) is 0 Å². The van der Waals surface area contributed by atoms with Crippen molar-refractivity contribution in [1.82, 2.24) is 4.98 Å². The first-order valence-corrected chi connectivity index (χ1v) is 6.18. The van der Waals surface area contributed by atoms with Crippen molar-refractivity contribution >= 4 is 17.3 Å². The molecule has 5 heteroatoms. The Bertz CT molecular complexity index is 623. The van der Waals surface area contributed by atoms with E-state index >= 15 is 0 Å². The van der Waals surface area contributed by atoms with Gasteiger partial charge in [-0.3, -0.25) is 9.78 Å². The number of nitrogens with zero attached hydrogens (tertiary/aromatic N) is 1. The number of hydrogen-bond acceptors (Lipinski definition) is 3. The number of hydrogen-bond donors (Lipinski definition) is 2. The molecule has 0 saturated heterocycles. The molecular formula is C15H16FN3O. The summed E-state index contributed by atoms with van der Waals surface area (Å²) in [5.74, 6) is -0.860. The molecule has 2 aromatic rings. The number of aromatic nitrogens is 1. The van der Waals surface area contributed by atoms with Gasteiger partial charge in [-0.2, -0.15) is 0 Å². The first kappa shape index (κ1) is 14.0. The summed E-state index contributed by atoms with van der Waals surface area (Å²) < 4.78 is 13.5. The van der Waals surface area contributed by atoms with Crippen molar-refractivity contribution in [3.8, 4) is 0 Å². The van der Waals surface area contributed by atoms with Crippen LogP contribution in [0.3, 0.4) is 0 Å². The topological polar surface area (TPSA) is 68.0 Å². The van der Waals surface area contributed by atoms with Crippen LogP contribution < -0.4 is 11.1 Å². The molecule has 3 N–H and O–H groups in total. The molecule has 1 amide bonds. The standard InChI is InChI=1S/C15H16FN3O/c1-15(2,10-3-5-11(17)6-4-10)14(20)19-13-7-8-18-9-12(13)16/h3-9H,17H2,1-2H3,(H,18,19,20). The van der Waals surface area contributed by atoms with E-state index < -0.39 is 11.2 Å². The van der Waals surface area contributed by atoms with Crippen LogP contribution in [-0.2, 0) is 10.2 Å². The smallest absolute Gasteiger partial charge is 0.234 e. The second-order valence-electron chi connectivity index (χ2n) is 5.06. The lowest BCUT2D eigenvalue weighted by Gasteiger charge is -2.24. The number of amides is 1. The molecule has 20 heavy (non-hydrogen) atoms. The highest BCUT2D eigenvalue weighted by Gasteiger charge is 2.30. The summed E-state index contributed by atoms with van der Waals surface area (Å²) in [6.45, 7) is 3.54. The highest BCUT2D eigenvalue weighted by atomic mass is 19.1. The van der Waals surface area contributed by atoms with Crippen molar-refractivity contribution in [2.45, 2.75) is 19.3 Å². The van der Waals surface area contributed by atoms with Crippen LogP contribution in [0, 0.1) is 5.82 Å². The molecule has 0 aliphatic carbocycles. The fourth-order valence-electron chi connectivity index (χ4n) is 1.79. The summed E-state index contributed by atoms with van der Waals surface area (Å²) in [4.78, 5) is 16.0. The number of nitrogens with one attached hydrogen (secondary N) is 1. The van der Waals surface area contributed by atoms with Gasteiger partial charge in [-0.05, 0) is 37.6 Å². The summed E-state index contributed by atoms with van der Waals surface area (Å²) in [5.41, 5.74) is 6.38. The Morgan fingerprint density at radius 2 is 1.90 bits per heavy atom. The predicted molar refractivity (Wildman–Crippen MR) is 76.7 cm³/mol. The summed E-state index contributed by atoms with van der Waals surface area (Å²) in [7, 11) is 0. The first-order chi connectivity index (χ1) is 9.41. The number of rotatable bonds is 3. The Kier molecular flexibility index (Phi) is 3.70. The lowest BCUT2D eigenvalue weighted by Crippen LogP contribution is -2.35. The van der Waals surface area contributed by atoms with Gasteiger partial charge in [0.15, 0.2) is 5.82 Å². The van der Waals surface area contributed by atoms with Crippen LogP contribution in [-0.4, -0.2) is 10.9 Å². The van der Waals surface area contributed by atoms with E-state index in [-0.39, 0.29) is 11.6 Å². The lowest BCUT2D eigenvalue weighted by atomic mass is 9.83. The number of carbonyl (C=O) groups is 1. The third-order valence-electron chi connectivity index (χ3n) is 3.22. The molecular weight excluding hydrogens is 257 g/mol. The second kappa shape index (κ2) is 5.28. The summed E-state index contributed by atoms with van der Waals surface area (Å²) in [6, 6.07) is 8.47. The molecule has 0 aliphatic heterocycles. The summed E-state index contributed by atoms with van der Waals surface area (Å²) >= 11 is 0. The van der Waals surface area contributed by atoms with Gasteiger partial charge in [-0.15, -0.1) is 0 Å².